The van der Waals surface area contributed by atoms with Gasteiger partial charge < -0.3 is 10.2 Å². The van der Waals surface area contributed by atoms with Crippen LogP contribution in [0.1, 0.15) is 32.0 Å². The Labute approximate surface area is 127 Å². The maximum absolute atomic E-state index is 4.43. The van der Waals surface area contributed by atoms with Crippen molar-refractivity contribution in [2.45, 2.75) is 39.4 Å². The van der Waals surface area contributed by atoms with E-state index < -0.39 is 0 Å². The molecule has 1 N–H and O–H groups in total. The number of hydrogen-bond acceptors (Lipinski definition) is 4. The highest BCUT2D eigenvalue weighted by Crippen LogP contribution is 2.16. The lowest BCUT2D eigenvalue weighted by Crippen LogP contribution is -2.35. The van der Waals surface area contributed by atoms with Gasteiger partial charge >= 0.3 is 0 Å². The third-order valence-corrected chi connectivity index (χ3v) is 3.18. The largest absolute Gasteiger partial charge is 0.370 e. The normalized spacial score (nSPS) is 11.4. The molecule has 4 heteroatoms. The van der Waals surface area contributed by atoms with Gasteiger partial charge in [0.1, 0.15) is 0 Å². The summed E-state index contributed by atoms with van der Waals surface area (Å²) in [7, 11) is 2.09. The number of rotatable bonds is 5. The molecular formula is C17H24N4. The van der Waals surface area contributed by atoms with Gasteiger partial charge in [-0.15, -0.1) is 0 Å². The van der Waals surface area contributed by atoms with Gasteiger partial charge in [0.05, 0.1) is 5.69 Å². The van der Waals surface area contributed by atoms with Crippen LogP contribution in [0, 0.1) is 0 Å². The molecular weight excluding hydrogens is 260 g/mol. The Morgan fingerprint density at radius 3 is 2.67 bits per heavy atom. The number of nitrogens with zero attached hydrogens (tertiary/aromatic N) is 3. The zero-order valence-electron chi connectivity index (χ0n) is 13.3. The minimum atomic E-state index is 0.0965. The molecule has 2 heterocycles. The van der Waals surface area contributed by atoms with E-state index in [4.69, 9.17) is 0 Å². The van der Waals surface area contributed by atoms with E-state index in [2.05, 4.69) is 60.1 Å². The molecule has 21 heavy (non-hydrogen) atoms. The van der Waals surface area contributed by atoms with Crippen molar-refractivity contribution in [1.82, 2.24) is 15.3 Å². The molecule has 0 fully saturated rings. The van der Waals surface area contributed by atoms with Gasteiger partial charge in [-0.05, 0) is 44.5 Å². The molecule has 0 spiro atoms. The van der Waals surface area contributed by atoms with Crippen LogP contribution in [0.3, 0.4) is 0 Å². The van der Waals surface area contributed by atoms with Crippen molar-refractivity contribution in [1.29, 1.82) is 0 Å². The maximum Gasteiger partial charge on any atom is 0.0562 e. The predicted molar refractivity (Wildman–Crippen MR) is 87.2 cm³/mol. The van der Waals surface area contributed by atoms with Crippen LogP contribution in [-0.4, -0.2) is 22.6 Å². The van der Waals surface area contributed by atoms with E-state index in [-0.39, 0.29) is 5.54 Å². The van der Waals surface area contributed by atoms with E-state index in [0.717, 1.165) is 18.8 Å². The van der Waals surface area contributed by atoms with E-state index >= 15 is 0 Å². The van der Waals surface area contributed by atoms with Crippen LogP contribution in [0.15, 0.2) is 42.9 Å². The lowest BCUT2D eigenvalue weighted by atomic mass is 10.1. The summed E-state index contributed by atoms with van der Waals surface area (Å²) >= 11 is 0. The second kappa shape index (κ2) is 6.68. The van der Waals surface area contributed by atoms with Gasteiger partial charge in [-0.25, -0.2) is 0 Å². The molecule has 0 aliphatic carbocycles. The first-order valence-electron chi connectivity index (χ1n) is 7.24. The molecule has 0 bridgehead atoms. The zero-order valence-corrected chi connectivity index (χ0v) is 13.3. The second-order valence-electron chi connectivity index (χ2n) is 6.33. The van der Waals surface area contributed by atoms with Crippen LogP contribution >= 0.6 is 0 Å². The number of hydrogen-bond donors (Lipinski definition) is 1. The van der Waals surface area contributed by atoms with Gasteiger partial charge in [-0.1, -0.05) is 6.07 Å². The lowest BCUT2D eigenvalue weighted by Gasteiger charge is -2.22. The molecule has 2 rings (SSSR count). The van der Waals surface area contributed by atoms with Crippen molar-refractivity contribution in [3.63, 3.8) is 0 Å². The molecule has 0 aliphatic heterocycles. The summed E-state index contributed by atoms with van der Waals surface area (Å²) in [6.45, 7) is 8.09. The molecule has 2 aromatic rings. The molecule has 0 aliphatic rings. The van der Waals surface area contributed by atoms with Crippen molar-refractivity contribution in [2.75, 3.05) is 11.9 Å². The monoisotopic (exact) mass is 284 g/mol. The molecule has 0 atom stereocenters. The molecule has 0 aromatic carbocycles. The fraction of sp³-hybridized carbons (Fsp3) is 0.412. The van der Waals surface area contributed by atoms with Crippen LogP contribution in [0.4, 0.5) is 5.69 Å². The van der Waals surface area contributed by atoms with E-state index in [1.807, 2.05) is 24.5 Å². The van der Waals surface area contributed by atoms with Crippen molar-refractivity contribution in [3.8, 4) is 0 Å². The van der Waals surface area contributed by atoms with Gasteiger partial charge in [0.2, 0.25) is 0 Å². The van der Waals surface area contributed by atoms with Gasteiger partial charge in [-0.3, -0.25) is 9.97 Å². The number of aromatic nitrogens is 2. The fourth-order valence-corrected chi connectivity index (χ4v) is 2.01. The SMILES string of the molecule is CN(Cc1cccnc1)c1ccnc(CNC(C)(C)C)c1. The van der Waals surface area contributed by atoms with Crippen LogP contribution in [-0.2, 0) is 13.1 Å². The molecule has 2 aromatic heterocycles. The Hall–Kier alpha value is -1.94. The summed E-state index contributed by atoms with van der Waals surface area (Å²) in [5.74, 6) is 0. The van der Waals surface area contributed by atoms with Crippen molar-refractivity contribution >= 4 is 5.69 Å². The molecule has 0 unspecified atom stereocenters. The highest BCUT2D eigenvalue weighted by molar-refractivity contribution is 5.46. The van der Waals surface area contributed by atoms with Crippen LogP contribution in [0.25, 0.3) is 0 Å². The molecule has 0 radical (unpaired) electrons. The second-order valence-corrected chi connectivity index (χ2v) is 6.33. The van der Waals surface area contributed by atoms with E-state index in [1.54, 1.807) is 6.20 Å². The van der Waals surface area contributed by atoms with Crippen LogP contribution in [0.5, 0.6) is 0 Å². The molecule has 0 saturated carbocycles. The topological polar surface area (TPSA) is 41.1 Å². The Bertz CT molecular complexity index is 561. The first-order valence-corrected chi connectivity index (χ1v) is 7.24. The zero-order chi connectivity index (χ0) is 15.3. The first kappa shape index (κ1) is 15.4. The smallest absolute Gasteiger partial charge is 0.0562 e. The molecule has 112 valence electrons. The van der Waals surface area contributed by atoms with Gasteiger partial charge in [0, 0.05) is 50.0 Å². The van der Waals surface area contributed by atoms with E-state index in [0.29, 0.717) is 0 Å². The van der Waals surface area contributed by atoms with Crippen LogP contribution in [0.2, 0.25) is 0 Å². The summed E-state index contributed by atoms with van der Waals surface area (Å²) in [5.41, 5.74) is 3.52. The molecule has 0 amide bonds. The van der Waals surface area contributed by atoms with Gasteiger partial charge in [0.15, 0.2) is 0 Å². The van der Waals surface area contributed by atoms with Crippen molar-refractivity contribution < 1.29 is 0 Å². The highest BCUT2D eigenvalue weighted by Gasteiger charge is 2.10. The van der Waals surface area contributed by atoms with Gasteiger partial charge in [-0.2, -0.15) is 0 Å². The number of nitrogens with one attached hydrogen (secondary N) is 1. The number of anilines is 1. The molecule has 0 saturated heterocycles. The first-order chi connectivity index (χ1) is 9.94. The average Bonchev–Trinajstić information content (AvgIpc) is 2.46. The van der Waals surface area contributed by atoms with E-state index in [9.17, 15) is 0 Å². The number of pyridine rings is 2. The highest BCUT2D eigenvalue weighted by atomic mass is 15.1. The fourth-order valence-electron chi connectivity index (χ4n) is 2.01. The van der Waals surface area contributed by atoms with Gasteiger partial charge in [0.25, 0.3) is 0 Å². The summed E-state index contributed by atoms with van der Waals surface area (Å²) in [4.78, 5) is 10.8. The molecule has 4 nitrogen and oxygen atoms in total. The Morgan fingerprint density at radius 1 is 1.19 bits per heavy atom. The summed E-state index contributed by atoms with van der Waals surface area (Å²) < 4.78 is 0. The summed E-state index contributed by atoms with van der Waals surface area (Å²) in [6.07, 6.45) is 5.57. The van der Waals surface area contributed by atoms with E-state index in [1.165, 1.54) is 11.3 Å². The Morgan fingerprint density at radius 2 is 2.00 bits per heavy atom. The quantitative estimate of drug-likeness (QED) is 0.916. The standard InChI is InChI=1S/C17H24N4/c1-17(2,3)20-12-15-10-16(7-9-19-15)21(4)13-14-6-5-8-18-11-14/h5-11,20H,12-13H2,1-4H3. The third-order valence-electron chi connectivity index (χ3n) is 3.18. The Balaban J connectivity index is 2.03. The third kappa shape index (κ3) is 5.16. The Kier molecular flexibility index (Phi) is 4.91. The predicted octanol–water partition coefficient (Wildman–Crippen LogP) is 3.00. The average molecular weight is 284 g/mol. The summed E-state index contributed by atoms with van der Waals surface area (Å²) in [5, 5.41) is 3.46. The summed E-state index contributed by atoms with van der Waals surface area (Å²) in [6, 6.07) is 8.23. The van der Waals surface area contributed by atoms with Crippen molar-refractivity contribution in [2.24, 2.45) is 0 Å². The minimum absolute atomic E-state index is 0.0965. The lowest BCUT2D eigenvalue weighted by molar-refractivity contribution is 0.421. The minimum Gasteiger partial charge on any atom is -0.370 e. The van der Waals surface area contributed by atoms with Crippen LogP contribution < -0.4 is 10.2 Å². The maximum atomic E-state index is 4.43. The van der Waals surface area contributed by atoms with Crippen molar-refractivity contribution in [3.05, 3.63) is 54.1 Å².